The summed E-state index contributed by atoms with van der Waals surface area (Å²) >= 11 is 0. The second kappa shape index (κ2) is 54.7. The van der Waals surface area contributed by atoms with Crippen LogP contribution in [-0.2, 0) is 42.9 Å². The summed E-state index contributed by atoms with van der Waals surface area (Å²) in [6.45, 7) is 5.88. The van der Waals surface area contributed by atoms with Crippen molar-refractivity contribution >= 4 is 23.9 Å². The third kappa shape index (κ3) is 44.5. The zero-order chi connectivity index (χ0) is 57.5. The molecule has 0 aliphatic carbocycles. The Labute approximate surface area is 480 Å². The number of hydrogen-bond acceptors (Lipinski definition) is 11. The van der Waals surface area contributed by atoms with Gasteiger partial charge in [-0.25, -0.2) is 4.79 Å². The molecular formula is C67H114O12. The Morgan fingerprint density at radius 2 is 0.785 bits per heavy atom. The number of carbonyl (C=O) groups excluding carboxylic acids is 3. The van der Waals surface area contributed by atoms with Gasteiger partial charge in [-0.1, -0.05) is 222 Å². The van der Waals surface area contributed by atoms with Crippen LogP contribution in [0.4, 0.5) is 0 Å². The van der Waals surface area contributed by atoms with E-state index in [1.807, 2.05) is 0 Å². The molecule has 1 rings (SSSR count). The first-order valence-electron chi connectivity index (χ1n) is 31.9. The zero-order valence-corrected chi connectivity index (χ0v) is 50.1. The number of aliphatic carboxylic acids is 1. The van der Waals surface area contributed by atoms with Crippen LogP contribution in [-0.4, -0.2) is 89.2 Å². The standard InChI is InChI=1S/C67H114O12/c1-4-7-10-13-16-19-22-25-27-29-30-32-34-37-40-43-46-49-52-55-61(70)78-65-63(72)62(71)64(66(73)74)79-67(65)76-57-58(77-60(69)54-51-48-45-42-39-35-24-21-18-15-12-9-6-3)56-75-59(68)53-50-47-44-41-38-36-33-31-28-26-23-20-17-14-11-8-5-2/h12,15-17,19-21,24-28,58,62-65,67,71-72H,4-11,13-14,18,22-23,29-57H2,1-3H3,(H,73,74)/b15-12-,19-16-,20-17-,24-21-,27-25-,28-26-. The lowest BCUT2D eigenvalue weighted by atomic mass is 9.98. The molecule has 0 bridgehead atoms. The van der Waals surface area contributed by atoms with Gasteiger partial charge in [0.15, 0.2) is 24.6 Å². The van der Waals surface area contributed by atoms with Crippen LogP contribution in [0.2, 0.25) is 0 Å². The highest BCUT2D eigenvalue weighted by Crippen LogP contribution is 2.26. The summed E-state index contributed by atoms with van der Waals surface area (Å²) in [6, 6.07) is 0. The molecule has 79 heavy (non-hydrogen) atoms. The van der Waals surface area contributed by atoms with Gasteiger partial charge in [0.2, 0.25) is 0 Å². The first-order chi connectivity index (χ1) is 38.6. The van der Waals surface area contributed by atoms with Crippen LogP contribution in [0.1, 0.15) is 278 Å². The summed E-state index contributed by atoms with van der Waals surface area (Å²) in [5.74, 6) is -3.14. The van der Waals surface area contributed by atoms with Gasteiger partial charge in [0.1, 0.15) is 18.8 Å². The lowest BCUT2D eigenvalue weighted by Crippen LogP contribution is -2.61. The molecule has 1 heterocycles. The third-order valence-electron chi connectivity index (χ3n) is 14.2. The summed E-state index contributed by atoms with van der Waals surface area (Å²) in [7, 11) is 0. The molecule has 3 N–H and O–H groups in total. The predicted octanol–water partition coefficient (Wildman–Crippen LogP) is 16.9. The van der Waals surface area contributed by atoms with E-state index in [9.17, 15) is 34.5 Å². The molecule has 0 aromatic heterocycles. The van der Waals surface area contributed by atoms with Crippen molar-refractivity contribution in [1.29, 1.82) is 0 Å². The number of carbonyl (C=O) groups is 4. The molecule has 0 amide bonds. The largest absolute Gasteiger partial charge is 0.479 e. The van der Waals surface area contributed by atoms with Crippen LogP contribution >= 0.6 is 0 Å². The van der Waals surface area contributed by atoms with Gasteiger partial charge in [0.25, 0.3) is 0 Å². The lowest BCUT2D eigenvalue weighted by molar-refractivity contribution is -0.301. The molecule has 0 aromatic carbocycles. The smallest absolute Gasteiger partial charge is 0.335 e. The maximum Gasteiger partial charge on any atom is 0.335 e. The van der Waals surface area contributed by atoms with Crippen molar-refractivity contribution in [2.45, 2.75) is 314 Å². The Hall–Kier alpha value is -3.84. The van der Waals surface area contributed by atoms with E-state index in [2.05, 4.69) is 93.7 Å². The summed E-state index contributed by atoms with van der Waals surface area (Å²) < 4.78 is 28.5. The number of aliphatic hydroxyl groups excluding tert-OH is 2. The SMILES string of the molecule is CCC/C=C\C/C=C\CCCCCCCC(=O)OC(COC(=O)CCCCCCCCC/C=C\C/C=C\CCCCC)COC1OC(C(=O)O)C(O)C(O)C1OC(=O)CCCCCCCCCCC/C=C\C/C=C\CCCCC. The first-order valence-corrected chi connectivity index (χ1v) is 31.9. The quantitative estimate of drug-likeness (QED) is 0.0228. The van der Waals surface area contributed by atoms with Crippen molar-refractivity contribution in [3.63, 3.8) is 0 Å². The number of ether oxygens (including phenoxy) is 5. The predicted molar refractivity (Wildman–Crippen MR) is 322 cm³/mol. The van der Waals surface area contributed by atoms with Crippen LogP contribution in [0.25, 0.3) is 0 Å². The van der Waals surface area contributed by atoms with Crippen LogP contribution in [0.5, 0.6) is 0 Å². The maximum absolute atomic E-state index is 13.2. The Morgan fingerprint density at radius 3 is 1.19 bits per heavy atom. The number of carboxylic acid groups (broad SMARTS) is 1. The third-order valence-corrected chi connectivity index (χ3v) is 14.2. The number of aliphatic hydroxyl groups is 2. The Morgan fingerprint density at radius 1 is 0.418 bits per heavy atom. The minimum atomic E-state index is -1.91. The van der Waals surface area contributed by atoms with Gasteiger partial charge in [-0.15, -0.1) is 0 Å². The van der Waals surface area contributed by atoms with Crippen LogP contribution in [0.3, 0.4) is 0 Å². The highest BCUT2D eigenvalue weighted by Gasteiger charge is 2.50. The van der Waals surface area contributed by atoms with Crippen molar-refractivity contribution < 1.29 is 58.2 Å². The monoisotopic (exact) mass is 1110 g/mol. The van der Waals surface area contributed by atoms with Gasteiger partial charge >= 0.3 is 23.9 Å². The van der Waals surface area contributed by atoms with Gasteiger partial charge in [0, 0.05) is 19.3 Å². The topological polar surface area (TPSA) is 175 Å². The summed E-state index contributed by atoms with van der Waals surface area (Å²) in [5, 5.41) is 31.6. The van der Waals surface area contributed by atoms with Crippen molar-refractivity contribution in [3.8, 4) is 0 Å². The van der Waals surface area contributed by atoms with Crippen molar-refractivity contribution in [2.75, 3.05) is 13.2 Å². The van der Waals surface area contributed by atoms with Gasteiger partial charge in [-0.3, -0.25) is 14.4 Å². The highest BCUT2D eigenvalue weighted by atomic mass is 16.7. The molecule has 0 aromatic rings. The number of carboxylic acids is 1. The molecule has 0 saturated carbocycles. The van der Waals surface area contributed by atoms with E-state index in [0.29, 0.717) is 19.3 Å². The second-order valence-electron chi connectivity index (χ2n) is 21.7. The molecule has 1 aliphatic rings. The number of hydrogen-bond donors (Lipinski definition) is 3. The minimum absolute atomic E-state index is 0.0520. The van der Waals surface area contributed by atoms with Crippen LogP contribution in [0.15, 0.2) is 72.9 Å². The van der Waals surface area contributed by atoms with E-state index in [1.54, 1.807) is 0 Å². The fourth-order valence-corrected chi connectivity index (χ4v) is 9.29. The number of rotatable bonds is 54. The van der Waals surface area contributed by atoms with E-state index < -0.39 is 67.3 Å². The highest BCUT2D eigenvalue weighted by molar-refractivity contribution is 5.74. The lowest BCUT2D eigenvalue weighted by Gasteiger charge is -2.40. The van der Waals surface area contributed by atoms with Crippen molar-refractivity contribution in [2.24, 2.45) is 0 Å². The van der Waals surface area contributed by atoms with Crippen molar-refractivity contribution in [3.05, 3.63) is 72.9 Å². The Kier molecular flexibility index (Phi) is 50.7. The number of unbranched alkanes of at least 4 members (excludes halogenated alkanes) is 28. The summed E-state index contributed by atoms with van der Waals surface area (Å²) in [6.07, 6.45) is 57.1. The maximum atomic E-state index is 13.2. The fourth-order valence-electron chi connectivity index (χ4n) is 9.29. The van der Waals surface area contributed by atoms with E-state index in [4.69, 9.17) is 23.7 Å². The summed E-state index contributed by atoms with van der Waals surface area (Å²) in [4.78, 5) is 51.3. The van der Waals surface area contributed by atoms with Gasteiger partial charge < -0.3 is 39.0 Å². The first kappa shape index (κ1) is 73.2. The second-order valence-corrected chi connectivity index (χ2v) is 21.7. The van der Waals surface area contributed by atoms with E-state index >= 15 is 0 Å². The molecule has 1 fully saturated rings. The molecule has 12 heteroatoms. The molecule has 1 saturated heterocycles. The van der Waals surface area contributed by atoms with Crippen LogP contribution < -0.4 is 0 Å². The van der Waals surface area contributed by atoms with E-state index in [-0.39, 0.29) is 25.9 Å². The molecule has 454 valence electrons. The average molecular weight is 1110 g/mol. The average Bonchev–Trinajstić information content (AvgIpc) is 3.43. The fraction of sp³-hybridized carbons (Fsp3) is 0.761. The molecule has 12 nitrogen and oxygen atoms in total. The molecule has 6 atom stereocenters. The molecule has 0 spiro atoms. The molecule has 6 unspecified atom stereocenters. The van der Waals surface area contributed by atoms with E-state index in [1.165, 1.54) is 89.9 Å². The van der Waals surface area contributed by atoms with Crippen molar-refractivity contribution in [1.82, 2.24) is 0 Å². The molecular weight excluding hydrogens is 997 g/mol. The minimum Gasteiger partial charge on any atom is -0.479 e. The van der Waals surface area contributed by atoms with Crippen LogP contribution in [0, 0.1) is 0 Å². The van der Waals surface area contributed by atoms with Gasteiger partial charge in [-0.05, 0) is 109 Å². The normalized spacial score (nSPS) is 18.3. The zero-order valence-electron chi connectivity index (χ0n) is 50.1. The van der Waals surface area contributed by atoms with Gasteiger partial charge in [0.05, 0.1) is 6.61 Å². The van der Waals surface area contributed by atoms with E-state index in [0.717, 1.165) is 128 Å². The number of allylic oxidation sites excluding steroid dienone is 12. The Balaban J connectivity index is 2.65. The van der Waals surface area contributed by atoms with Gasteiger partial charge in [-0.2, -0.15) is 0 Å². The molecule has 0 radical (unpaired) electrons. The summed E-state index contributed by atoms with van der Waals surface area (Å²) in [5.41, 5.74) is 0. The molecule has 1 aliphatic heterocycles. The number of esters is 3. The Bertz CT molecular complexity index is 1650.